The Morgan fingerprint density at radius 2 is 2.06 bits per heavy atom. The van der Waals surface area contributed by atoms with Crippen LogP contribution in [0, 0.1) is 5.92 Å². The third-order valence-corrected chi connectivity index (χ3v) is 5.35. The van der Waals surface area contributed by atoms with Gasteiger partial charge in [0.1, 0.15) is 10.8 Å². The van der Waals surface area contributed by atoms with Crippen molar-refractivity contribution in [3.05, 3.63) is 28.9 Å². The zero-order valence-electron chi connectivity index (χ0n) is 18.1. The van der Waals surface area contributed by atoms with E-state index >= 15 is 0 Å². The molecule has 166 valence electrons. The number of halogens is 1. The average molecular weight is 448 g/mol. The van der Waals surface area contributed by atoms with Crippen LogP contribution in [0.4, 0.5) is 5.69 Å². The van der Waals surface area contributed by atoms with Crippen LogP contribution in [-0.2, 0) is 19.7 Å². The molecule has 0 aliphatic carbocycles. The number of fused-ring (bicyclic) bond motifs is 1. The number of esters is 1. The monoisotopic (exact) mass is 447 g/mol. The van der Waals surface area contributed by atoms with Crippen LogP contribution in [-0.4, -0.2) is 43.9 Å². The van der Waals surface area contributed by atoms with Crippen molar-refractivity contribution >= 4 is 34.8 Å². The lowest BCUT2D eigenvalue weighted by atomic mass is 9.92. The number of amides is 1. The Balaban J connectivity index is 1.97. The van der Waals surface area contributed by atoms with Gasteiger partial charge < -0.3 is 15.2 Å². The van der Waals surface area contributed by atoms with Crippen molar-refractivity contribution < 1.29 is 19.4 Å². The third kappa shape index (κ3) is 4.66. The first kappa shape index (κ1) is 22.6. The van der Waals surface area contributed by atoms with Gasteiger partial charge in [-0.1, -0.05) is 39.3 Å². The standard InChI is InChI=1S/C21H26ClN5O4/c1-6-11(9-15(29)31-5)20(30)23-14-8-7-12(28)10-13(14)18-24-19-16(22)17(21(2,3)4)25-27(19)26-18/h7-8,10-11,25,28H,6,9H2,1-5H3,(H,23,30). The van der Waals surface area contributed by atoms with Gasteiger partial charge in [0.25, 0.3) is 0 Å². The minimum absolute atomic E-state index is 0.00506. The first-order valence-corrected chi connectivity index (χ1v) is 10.3. The van der Waals surface area contributed by atoms with Gasteiger partial charge in [-0.15, -0.1) is 5.10 Å². The van der Waals surface area contributed by atoms with Crippen LogP contribution in [0.1, 0.15) is 46.2 Å². The molecule has 10 heteroatoms. The number of hydrogen-bond acceptors (Lipinski definition) is 6. The largest absolute Gasteiger partial charge is 0.508 e. The van der Waals surface area contributed by atoms with E-state index < -0.39 is 11.9 Å². The maximum atomic E-state index is 12.7. The van der Waals surface area contributed by atoms with Crippen LogP contribution in [0.3, 0.4) is 0 Å². The van der Waals surface area contributed by atoms with E-state index in [9.17, 15) is 14.7 Å². The van der Waals surface area contributed by atoms with Gasteiger partial charge in [-0.3, -0.25) is 14.7 Å². The lowest BCUT2D eigenvalue weighted by Gasteiger charge is -2.16. The Labute approximate surface area is 184 Å². The van der Waals surface area contributed by atoms with Crippen molar-refractivity contribution in [1.29, 1.82) is 0 Å². The summed E-state index contributed by atoms with van der Waals surface area (Å²) in [4.78, 5) is 28.8. The fraction of sp³-hybridized carbons (Fsp3) is 0.429. The topological polar surface area (TPSA) is 122 Å². The molecule has 2 aromatic heterocycles. The van der Waals surface area contributed by atoms with E-state index in [0.717, 1.165) is 5.69 Å². The van der Waals surface area contributed by atoms with Crippen molar-refractivity contribution in [3.8, 4) is 17.1 Å². The smallest absolute Gasteiger partial charge is 0.306 e. The van der Waals surface area contributed by atoms with Gasteiger partial charge in [-0.05, 0) is 24.6 Å². The van der Waals surface area contributed by atoms with Gasteiger partial charge >= 0.3 is 5.97 Å². The Morgan fingerprint density at radius 3 is 2.65 bits per heavy atom. The van der Waals surface area contributed by atoms with Crippen LogP contribution in [0.2, 0.25) is 5.02 Å². The highest BCUT2D eigenvalue weighted by atomic mass is 35.5. The summed E-state index contributed by atoms with van der Waals surface area (Å²) in [5, 5.41) is 20.8. The number of rotatable bonds is 6. The number of anilines is 1. The molecule has 1 aromatic carbocycles. The SMILES string of the molecule is CCC(CC(=O)OC)C(=O)Nc1ccc(O)cc1-c1nc2c(Cl)c(C(C)(C)C)[nH]n2n1. The maximum Gasteiger partial charge on any atom is 0.306 e. The summed E-state index contributed by atoms with van der Waals surface area (Å²) in [6, 6.07) is 4.47. The van der Waals surface area contributed by atoms with E-state index in [4.69, 9.17) is 11.6 Å². The molecule has 0 saturated carbocycles. The minimum atomic E-state index is -0.553. The molecule has 0 aliphatic heterocycles. The summed E-state index contributed by atoms with van der Waals surface area (Å²) >= 11 is 6.50. The number of nitrogens with one attached hydrogen (secondary N) is 2. The number of phenols is 1. The lowest BCUT2D eigenvalue weighted by Crippen LogP contribution is -2.25. The van der Waals surface area contributed by atoms with Gasteiger partial charge in [-0.2, -0.15) is 4.63 Å². The molecule has 0 saturated heterocycles. The van der Waals surface area contributed by atoms with E-state index in [1.165, 1.54) is 23.9 Å². The average Bonchev–Trinajstić information content (AvgIpc) is 3.26. The lowest BCUT2D eigenvalue weighted by molar-refractivity contribution is -0.143. The Hall–Kier alpha value is -3.07. The number of carbonyl (C=O) groups is 2. The highest BCUT2D eigenvalue weighted by Crippen LogP contribution is 2.34. The molecule has 0 aliphatic rings. The number of aromatic hydroxyl groups is 1. The highest BCUT2D eigenvalue weighted by Gasteiger charge is 2.26. The van der Waals surface area contributed by atoms with Crippen LogP contribution >= 0.6 is 11.6 Å². The first-order valence-electron chi connectivity index (χ1n) is 9.91. The molecule has 3 aromatic rings. The first-order chi connectivity index (χ1) is 14.5. The number of hydrogen-bond donors (Lipinski definition) is 3. The molecule has 1 atom stereocenters. The summed E-state index contributed by atoms with van der Waals surface area (Å²) in [5.74, 6) is -1.07. The van der Waals surface area contributed by atoms with Gasteiger partial charge in [0, 0.05) is 16.9 Å². The van der Waals surface area contributed by atoms with E-state index in [2.05, 4.69) is 25.2 Å². The summed E-state index contributed by atoms with van der Waals surface area (Å²) in [6.45, 7) is 7.88. The predicted octanol–water partition coefficient (Wildman–Crippen LogP) is 3.91. The number of H-pyrrole nitrogens is 1. The summed E-state index contributed by atoms with van der Waals surface area (Å²) in [7, 11) is 1.29. The second-order valence-corrected chi connectivity index (χ2v) is 8.70. The molecule has 2 heterocycles. The fourth-order valence-corrected chi connectivity index (χ4v) is 3.63. The van der Waals surface area contributed by atoms with Gasteiger partial charge in [0.2, 0.25) is 5.91 Å². The van der Waals surface area contributed by atoms with E-state index in [0.29, 0.717) is 28.3 Å². The fourth-order valence-electron chi connectivity index (χ4n) is 3.18. The minimum Gasteiger partial charge on any atom is -0.508 e. The number of benzene rings is 1. The van der Waals surface area contributed by atoms with E-state index in [1.54, 1.807) is 6.07 Å². The van der Waals surface area contributed by atoms with Gasteiger partial charge in [0.05, 0.1) is 24.9 Å². The van der Waals surface area contributed by atoms with Crippen LogP contribution < -0.4 is 5.32 Å². The molecule has 0 bridgehead atoms. The number of nitrogens with zero attached hydrogens (tertiary/aromatic N) is 3. The Bertz CT molecular complexity index is 1130. The van der Waals surface area contributed by atoms with Crippen LogP contribution in [0.15, 0.2) is 18.2 Å². The van der Waals surface area contributed by atoms with Gasteiger partial charge in [0.15, 0.2) is 11.5 Å². The molecule has 1 unspecified atom stereocenters. The number of ether oxygens (including phenoxy) is 1. The summed E-state index contributed by atoms with van der Waals surface area (Å²) in [6.07, 6.45) is 0.439. The molecule has 31 heavy (non-hydrogen) atoms. The number of methoxy groups -OCH3 is 1. The van der Waals surface area contributed by atoms with Crippen LogP contribution in [0.5, 0.6) is 5.75 Å². The van der Waals surface area contributed by atoms with E-state index in [-0.39, 0.29) is 29.3 Å². The number of aromatic amines is 1. The molecule has 0 spiro atoms. The van der Waals surface area contributed by atoms with Crippen molar-refractivity contribution in [3.63, 3.8) is 0 Å². The molecule has 3 rings (SSSR count). The Morgan fingerprint density at radius 1 is 1.35 bits per heavy atom. The summed E-state index contributed by atoms with van der Waals surface area (Å²) < 4.78 is 6.14. The van der Waals surface area contributed by atoms with Crippen molar-refractivity contribution in [2.75, 3.05) is 12.4 Å². The molecular formula is C21H26ClN5O4. The second-order valence-electron chi connectivity index (χ2n) is 8.33. The van der Waals surface area contributed by atoms with Crippen molar-refractivity contribution in [1.82, 2.24) is 19.8 Å². The molecule has 0 radical (unpaired) electrons. The normalized spacial score (nSPS) is 12.7. The number of carbonyl (C=O) groups excluding carboxylic acids is 2. The molecular weight excluding hydrogens is 422 g/mol. The van der Waals surface area contributed by atoms with Gasteiger partial charge in [-0.25, -0.2) is 4.98 Å². The molecule has 0 fully saturated rings. The molecule has 3 N–H and O–H groups in total. The maximum absolute atomic E-state index is 12.7. The molecule has 9 nitrogen and oxygen atoms in total. The zero-order valence-corrected chi connectivity index (χ0v) is 18.9. The summed E-state index contributed by atoms with van der Waals surface area (Å²) in [5.41, 5.74) is 1.85. The predicted molar refractivity (Wildman–Crippen MR) is 117 cm³/mol. The zero-order chi connectivity index (χ0) is 22.9. The third-order valence-electron chi connectivity index (χ3n) is 5.00. The molecule has 1 amide bonds. The van der Waals surface area contributed by atoms with Crippen molar-refractivity contribution in [2.24, 2.45) is 5.92 Å². The van der Waals surface area contributed by atoms with E-state index in [1.807, 2.05) is 27.7 Å². The highest BCUT2D eigenvalue weighted by molar-refractivity contribution is 6.34. The Kier molecular flexibility index (Phi) is 6.26. The second kappa shape index (κ2) is 8.58. The van der Waals surface area contributed by atoms with Crippen LogP contribution in [0.25, 0.3) is 17.0 Å². The quantitative estimate of drug-likeness (QED) is 0.389. The number of aromatic nitrogens is 4. The van der Waals surface area contributed by atoms with Crippen molar-refractivity contribution in [2.45, 2.75) is 46.0 Å². The number of phenolic OH excluding ortho intramolecular Hbond substituents is 1.